The molecule has 0 unspecified atom stereocenters. The van der Waals surface area contributed by atoms with Crippen molar-refractivity contribution in [2.45, 2.75) is 26.9 Å². The molecule has 1 aromatic carbocycles. The molecule has 0 bridgehead atoms. The first-order valence-electron chi connectivity index (χ1n) is 7.88. The van der Waals surface area contributed by atoms with Gasteiger partial charge >= 0.3 is 0 Å². The molecule has 0 aliphatic carbocycles. The Bertz CT molecular complexity index is 916. The van der Waals surface area contributed by atoms with Gasteiger partial charge in [0.1, 0.15) is 23.1 Å². The summed E-state index contributed by atoms with van der Waals surface area (Å²) in [7, 11) is 0. The van der Waals surface area contributed by atoms with Gasteiger partial charge in [0, 0.05) is 17.7 Å². The van der Waals surface area contributed by atoms with Crippen LogP contribution >= 0.6 is 22.7 Å². The number of anilines is 1. The second-order valence-electron chi connectivity index (χ2n) is 5.65. The minimum Gasteiger partial charge on any atom is -0.486 e. The van der Waals surface area contributed by atoms with Gasteiger partial charge in [-0.1, -0.05) is 17.7 Å². The minimum absolute atomic E-state index is 0.125. The van der Waals surface area contributed by atoms with Crippen molar-refractivity contribution >= 4 is 39.5 Å². The Labute approximate surface area is 158 Å². The van der Waals surface area contributed by atoms with Crippen molar-refractivity contribution in [2.75, 3.05) is 5.32 Å². The number of nitrogens with one attached hydrogen (secondary N) is 1. The van der Waals surface area contributed by atoms with Gasteiger partial charge in [0.15, 0.2) is 10.9 Å². The topological polar surface area (TPSA) is 81.2 Å². The third-order valence-electron chi connectivity index (χ3n) is 3.44. The number of thiazole rings is 2. The van der Waals surface area contributed by atoms with E-state index in [1.807, 2.05) is 36.6 Å². The molecule has 0 aliphatic rings. The maximum Gasteiger partial charge on any atom is 0.232 e. The van der Waals surface area contributed by atoms with Crippen LogP contribution in [0.5, 0.6) is 5.75 Å². The quantitative estimate of drug-likeness (QED) is 0.623. The Balaban J connectivity index is 1.51. The number of aromatic nitrogens is 2. The number of rotatable bonds is 7. The van der Waals surface area contributed by atoms with Crippen LogP contribution in [-0.4, -0.2) is 21.7 Å². The number of carbonyl (C=O) groups excluding carboxylic acids is 2. The van der Waals surface area contributed by atoms with E-state index in [-0.39, 0.29) is 18.1 Å². The van der Waals surface area contributed by atoms with E-state index in [2.05, 4.69) is 15.3 Å². The first-order valence-corrected chi connectivity index (χ1v) is 9.64. The molecule has 8 heteroatoms. The van der Waals surface area contributed by atoms with Gasteiger partial charge in [0.05, 0.1) is 12.1 Å². The van der Waals surface area contributed by atoms with E-state index in [0.717, 1.165) is 10.8 Å². The van der Waals surface area contributed by atoms with Crippen LogP contribution in [0.15, 0.2) is 35.0 Å². The monoisotopic (exact) mass is 387 g/mol. The second kappa shape index (κ2) is 8.20. The molecule has 1 amide bonds. The van der Waals surface area contributed by atoms with Gasteiger partial charge in [-0.25, -0.2) is 9.97 Å². The second-order valence-corrected chi connectivity index (χ2v) is 7.45. The maximum atomic E-state index is 12.1. The van der Waals surface area contributed by atoms with Gasteiger partial charge in [0.2, 0.25) is 5.91 Å². The number of aryl methyl sites for hydroxylation is 1. The Morgan fingerprint density at radius 3 is 2.58 bits per heavy atom. The molecule has 0 radical (unpaired) electrons. The van der Waals surface area contributed by atoms with Gasteiger partial charge in [-0.2, -0.15) is 0 Å². The molecule has 0 atom stereocenters. The predicted molar refractivity (Wildman–Crippen MR) is 102 cm³/mol. The molecule has 134 valence electrons. The summed E-state index contributed by atoms with van der Waals surface area (Å²) in [6.45, 7) is 3.83. The number of hydrogen-bond donors (Lipinski definition) is 1. The zero-order valence-corrected chi connectivity index (χ0v) is 15.9. The molecule has 0 aliphatic heterocycles. The van der Waals surface area contributed by atoms with Gasteiger partial charge in [-0.15, -0.1) is 22.7 Å². The molecule has 0 saturated carbocycles. The lowest BCUT2D eigenvalue weighted by Gasteiger charge is -2.03. The molecule has 0 fully saturated rings. The molecule has 3 aromatic rings. The lowest BCUT2D eigenvalue weighted by Crippen LogP contribution is -2.14. The third kappa shape index (κ3) is 4.96. The van der Waals surface area contributed by atoms with Crippen LogP contribution in [0.3, 0.4) is 0 Å². The molecule has 26 heavy (non-hydrogen) atoms. The van der Waals surface area contributed by atoms with Crippen LogP contribution in [0.4, 0.5) is 5.13 Å². The summed E-state index contributed by atoms with van der Waals surface area (Å²) in [5.74, 6) is 0.445. The van der Waals surface area contributed by atoms with Crippen molar-refractivity contribution in [1.29, 1.82) is 0 Å². The van der Waals surface area contributed by atoms with E-state index in [0.29, 0.717) is 23.1 Å². The number of ether oxygens (including phenoxy) is 1. The lowest BCUT2D eigenvalue weighted by molar-refractivity contribution is -0.115. The normalized spacial score (nSPS) is 10.5. The van der Waals surface area contributed by atoms with E-state index in [1.54, 1.807) is 5.38 Å². The smallest absolute Gasteiger partial charge is 0.232 e. The van der Waals surface area contributed by atoms with Crippen LogP contribution in [-0.2, 0) is 17.8 Å². The van der Waals surface area contributed by atoms with Crippen LogP contribution in [0.1, 0.15) is 33.7 Å². The van der Waals surface area contributed by atoms with Crippen LogP contribution in [0.2, 0.25) is 0 Å². The number of nitrogens with zero attached hydrogens (tertiary/aromatic N) is 2. The van der Waals surface area contributed by atoms with Crippen LogP contribution < -0.4 is 10.1 Å². The van der Waals surface area contributed by atoms with E-state index < -0.39 is 0 Å². The molecule has 0 saturated heterocycles. The van der Waals surface area contributed by atoms with Gasteiger partial charge in [-0.3, -0.25) is 9.59 Å². The maximum absolute atomic E-state index is 12.1. The highest BCUT2D eigenvalue weighted by molar-refractivity contribution is 7.14. The largest absolute Gasteiger partial charge is 0.486 e. The van der Waals surface area contributed by atoms with Gasteiger partial charge in [-0.05, 0) is 19.1 Å². The Morgan fingerprint density at radius 2 is 1.88 bits per heavy atom. The fourth-order valence-corrected chi connectivity index (χ4v) is 3.57. The number of hydrogen-bond acceptors (Lipinski definition) is 7. The van der Waals surface area contributed by atoms with E-state index in [1.165, 1.54) is 35.2 Å². The van der Waals surface area contributed by atoms with Crippen molar-refractivity contribution in [1.82, 2.24) is 9.97 Å². The Hall–Kier alpha value is -2.58. The summed E-state index contributed by atoms with van der Waals surface area (Å²) in [6.07, 6.45) is 0.149. The molecule has 3 rings (SSSR count). The van der Waals surface area contributed by atoms with Gasteiger partial charge < -0.3 is 10.1 Å². The zero-order valence-electron chi connectivity index (χ0n) is 14.3. The third-order valence-corrected chi connectivity index (χ3v) is 5.06. The fraction of sp³-hybridized carbons (Fsp3) is 0.222. The first-order chi connectivity index (χ1) is 12.5. The molecule has 2 aromatic heterocycles. The first kappa shape index (κ1) is 18.2. The zero-order chi connectivity index (χ0) is 18.5. The number of carbonyl (C=O) groups is 2. The summed E-state index contributed by atoms with van der Waals surface area (Å²) in [5.41, 5.74) is 2.21. The van der Waals surface area contributed by atoms with E-state index >= 15 is 0 Å². The number of ketones is 1. The van der Waals surface area contributed by atoms with Crippen molar-refractivity contribution in [3.63, 3.8) is 0 Å². The molecule has 0 spiro atoms. The summed E-state index contributed by atoms with van der Waals surface area (Å²) < 4.78 is 5.69. The number of amides is 1. The van der Waals surface area contributed by atoms with Crippen molar-refractivity contribution in [3.05, 3.63) is 57.0 Å². The molecule has 2 heterocycles. The molecule has 1 N–H and O–H groups in total. The highest BCUT2D eigenvalue weighted by atomic mass is 32.1. The highest BCUT2D eigenvalue weighted by Gasteiger charge is 2.12. The summed E-state index contributed by atoms with van der Waals surface area (Å²) in [4.78, 5) is 31.8. The predicted octanol–water partition coefficient (Wildman–Crippen LogP) is 3.87. The molecule has 6 nitrogen and oxygen atoms in total. The van der Waals surface area contributed by atoms with Crippen molar-refractivity contribution in [2.24, 2.45) is 0 Å². The Kier molecular flexibility index (Phi) is 5.75. The summed E-state index contributed by atoms with van der Waals surface area (Å²) in [5, 5.41) is 7.38. The Morgan fingerprint density at radius 1 is 1.12 bits per heavy atom. The molecular weight excluding hydrogens is 370 g/mol. The van der Waals surface area contributed by atoms with E-state index in [4.69, 9.17) is 4.74 Å². The van der Waals surface area contributed by atoms with Crippen molar-refractivity contribution < 1.29 is 14.3 Å². The van der Waals surface area contributed by atoms with Crippen molar-refractivity contribution in [3.8, 4) is 5.75 Å². The SMILES string of the molecule is CC(=O)c1csc(NC(=O)Cc2csc(COc3ccc(C)cc3)n2)n1. The van der Waals surface area contributed by atoms with Crippen LogP contribution in [0.25, 0.3) is 0 Å². The highest BCUT2D eigenvalue weighted by Crippen LogP contribution is 2.18. The summed E-state index contributed by atoms with van der Waals surface area (Å²) in [6, 6.07) is 7.81. The lowest BCUT2D eigenvalue weighted by atomic mass is 10.2. The molecular formula is C18H17N3O3S2. The van der Waals surface area contributed by atoms with Gasteiger partial charge in [0.25, 0.3) is 0 Å². The average Bonchev–Trinajstić information content (AvgIpc) is 3.24. The number of Topliss-reactive ketones (excluding diaryl/α,β-unsaturated/α-hetero) is 1. The van der Waals surface area contributed by atoms with Crippen LogP contribution in [0, 0.1) is 6.92 Å². The number of benzene rings is 1. The fourth-order valence-electron chi connectivity index (χ4n) is 2.10. The average molecular weight is 387 g/mol. The minimum atomic E-state index is -0.217. The summed E-state index contributed by atoms with van der Waals surface area (Å²) >= 11 is 2.68. The van der Waals surface area contributed by atoms with E-state index in [9.17, 15) is 9.59 Å². The standard InChI is InChI=1S/C18H17N3O3S2/c1-11-3-5-14(6-4-11)24-8-17-19-13(9-25-17)7-16(23)21-18-20-15(10-26-18)12(2)22/h3-6,9-10H,7-8H2,1-2H3,(H,20,21,23).